The van der Waals surface area contributed by atoms with Crippen LogP contribution in [-0.4, -0.2) is 55.7 Å². The number of hydrogen-bond acceptors (Lipinski definition) is 14. The molecule has 0 fully saturated rings. The molecule has 6 heterocycles. The van der Waals surface area contributed by atoms with Crippen molar-refractivity contribution in [3.63, 3.8) is 0 Å². The van der Waals surface area contributed by atoms with Gasteiger partial charge in [-0.05, 0) is 110 Å². The van der Waals surface area contributed by atoms with Crippen LogP contribution in [0.15, 0.2) is 88.8 Å². The molecule has 6 rings (SSSR count). The van der Waals surface area contributed by atoms with Crippen LogP contribution in [0.5, 0.6) is 0 Å². The molecule has 0 aromatic carbocycles. The number of aryl methyl sites for hydroxylation is 1. The molecule has 6 aromatic heterocycles. The van der Waals surface area contributed by atoms with Gasteiger partial charge in [0, 0.05) is 12.8 Å². The molecule has 52 heavy (non-hydrogen) atoms. The van der Waals surface area contributed by atoms with Crippen molar-refractivity contribution in [1.29, 1.82) is 0 Å². The summed E-state index contributed by atoms with van der Waals surface area (Å²) in [7, 11) is 0. The lowest BCUT2D eigenvalue weighted by Crippen LogP contribution is -2.04. The molecule has 0 radical (unpaired) electrons. The van der Waals surface area contributed by atoms with E-state index in [1.165, 1.54) is 5.56 Å². The van der Waals surface area contributed by atoms with Crippen molar-refractivity contribution in [1.82, 2.24) is 30.6 Å². The van der Waals surface area contributed by atoms with Crippen LogP contribution in [0.3, 0.4) is 0 Å². The maximum Gasteiger partial charge on any atom is 0.305 e. The molecule has 0 saturated carbocycles. The van der Waals surface area contributed by atoms with Crippen molar-refractivity contribution in [3.05, 3.63) is 94.3 Å². The van der Waals surface area contributed by atoms with E-state index >= 15 is 0 Å². The van der Waals surface area contributed by atoms with Crippen LogP contribution in [0.1, 0.15) is 64.4 Å². The number of nitrogens with zero attached hydrogens (tertiary/aromatic N) is 6. The van der Waals surface area contributed by atoms with Gasteiger partial charge in [0.15, 0.2) is 0 Å². The third kappa shape index (κ3) is 13.6. The Bertz CT molecular complexity index is 1810. The molecule has 0 N–H and O–H groups in total. The molecule has 0 unspecified atom stereocenters. The number of esters is 2. The molecular weight excluding hydrogens is 733 g/mol. The van der Waals surface area contributed by atoms with E-state index in [9.17, 15) is 9.59 Å². The summed E-state index contributed by atoms with van der Waals surface area (Å²) in [6.45, 7) is 8.18. The molecule has 0 aliphatic carbocycles. The Hall–Kier alpha value is -4.50. The Labute approximate surface area is 320 Å². The lowest BCUT2D eigenvalue weighted by atomic mass is 10.0. The number of unbranched alkanes of at least 4 members (excludes halogenated alkanes) is 3. The maximum absolute atomic E-state index is 11.5. The van der Waals surface area contributed by atoms with E-state index in [1.807, 2.05) is 72.5 Å². The monoisotopic (exact) mass is 774 g/mol. The van der Waals surface area contributed by atoms with Gasteiger partial charge in [0.25, 0.3) is 0 Å². The molecule has 0 spiro atoms. The van der Waals surface area contributed by atoms with Gasteiger partial charge in [0.2, 0.25) is 11.6 Å². The lowest BCUT2D eigenvalue weighted by Gasteiger charge is -2.08. The molecule has 6 aromatic rings. The van der Waals surface area contributed by atoms with Crippen molar-refractivity contribution >= 4 is 57.3 Å². The van der Waals surface area contributed by atoms with E-state index in [4.69, 9.17) is 9.47 Å². The predicted molar refractivity (Wildman–Crippen MR) is 212 cm³/mol. The fourth-order valence-corrected chi connectivity index (χ4v) is 7.36. The smallest absolute Gasteiger partial charge is 0.305 e. The quantitative estimate of drug-likeness (QED) is 0.0532. The first-order valence-electron chi connectivity index (χ1n) is 17.0. The van der Waals surface area contributed by atoms with Gasteiger partial charge in [0.1, 0.15) is 11.4 Å². The standard InChI is InChI=1S/C19H20N2O2S2.C10H6N4S2.C9H16O2/c1-2-23-18(22)10-4-3-7-14-13-15(16-8-5-11-24-16)20-21-19(14)17-9-6-12-25-17;1-3-7(15-5-1)9-11-13-10(14-12-9)8-4-2-6-16-8;1-3-5-6-7-8-9(10)11-4-2/h5-6,8-9,11-13H,2-4,7,10H2,1H3;1-6H;3H,1,4-8H2,2H3. The first kappa shape index (κ1) is 40.3. The van der Waals surface area contributed by atoms with Crippen molar-refractivity contribution in [2.24, 2.45) is 0 Å². The van der Waals surface area contributed by atoms with Gasteiger partial charge in [-0.1, -0.05) is 30.3 Å². The summed E-state index contributed by atoms with van der Waals surface area (Å²) in [5.41, 5.74) is 3.05. The highest BCUT2D eigenvalue weighted by Gasteiger charge is 2.13. The Balaban J connectivity index is 0.000000192. The Kier molecular flexibility index (Phi) is 17.9. The number of allylic oxidation sites excluding steroid dienone is 1. The number of hydrogen-bond donors (Lipinski definition) is 0. The van der Waals surface area contributed by atoms with E-state index in [1.54, 1.807) is 45.3 Å². The third-order valence-electron chi connectivity index (χ3n) is 7.09. The SMILES string of the molecule is C=CCCCCC(=O)OCC.CCOC(=O)CCCCc1cc(-c2cccs2)nnc1-c1cccs1.c1csc(-c2nnc(-c3cccs3)nn2)c1. The first-order chi connectivity index (χ1) is 25.5. The molecule has 14 heteroatoms. The van der Waals surface area contributed by atoms with Crippen LogP contribution in [0.4, 0.5) is 0 Å². The zero-order valence-corrected chi connectivity index (χ0v) is 32.6. The maximum atomic E-state index is 11.5. The van der Waals surface area contributed by atoms with Crippen LogP contribution < -0.4 is 0 Å². The molecule has 0 atom stereocenters. The van der Waals surface area contributed by atoms with Crippen molar-refractivity contribution in [2.45, 2.75) is 65.2 Å². The van der Waals surface area contributed by atoms with E-state index in [2.05, 4.69) is 60.8 Å². The van der Waals surface area contributed by atoms with Gasteiger partial charge in [-0.15, -0.1) is 82.5 Å². The summed E-state index contributed by atoms with van der Waals surface area (Å²) in [6.07, 6.45) is 8.42. The Morgan fingerprint density at radius 3 is 1.58 bits per heavy atom. The first-order valence-corrected chi connectivity index (χ1v) is 20.6. The highest BCUT2D eigenvalue weighted by molar-refractivity contribution is 7.14. The molecule has 0 aliphatic heterocycles. The number of thiophene rings is 4. The number of carbonyl (C=O) groups excluding carboxylic acids is 2. The summed E-state index contributed by atoms with van der Waals surface area (Å²) < 4.78 is 9.74. The normalized spacial score (nSPS) is 10.3. The number of aromatic nitrogens is 6. The van der Waals surface area contributed by atoms with Gasteiger partial charge < -0.3 is 9.47 Å². The van der Waals surface area contributed by atoms with Gasteiger partial charge in [0.05, 0.1) is 32.7 Å². The molecule has 10 nitrogen and oxygen atoms in total. The molecule has 272 valence electrons. The van der Waals surface area contributed by atoms with Crippen LogP contribution in [-0.2, 0) is 25.5 Å². The fraction of sp³-hybridized carbons (Fsp3) is 0.316. The average Bonchev–Trinajstić information content (AvgIpc) is 4.01. The van der Waals surface area contributed by atoms with E-state index in [0.717, 1.165) is 69.4 Å². The zero-order chi connectivity index (χ0) is 36.8. The minimum Gasteiger partial charge on any atom is -0.466 e. The second-order valence-electron chi connectivity index (χ2n) is 10.9. The van der Waals surface area contributed by atoms with E-state index < -0.39 is 0 Å². The summed E-state index contributed by atoms with van der Waals surface area (Å²) in [4.78, 5) is 26.5. The zero-order valence-electron chi connectivity index (χ0n) is 29.3. The highest BCUT2D eigenvalue weighted by atomic mass is 32.1. The summed E-state index contributed by atoms with van der Waals surface area (Å²) in [5.74, 6) is 0.954. The van der Waals surface area contributed by atoms with Gasteiger partial charge >= 0.3 is 11.9 Å². The molecular formula is C38H42N6O4S4. The number of rotatable bonds is 16. The fourth-order valence-electron chi connectivity index (χ4n) is 4.63. The highest BCUT2D eigenvalue weighted by Crippen LogP contribution is 2.31. The van der Waals surface area contributed by atoms with E-state index in [-0.39, 0.29) is 11.9 Å². The summed E-state index contributed by atoms with van der Waals surface area (Å²) in [6, 6.07) is 18.1. The molecule has 0 amide bonds. The lowest BCUT2D eigenvalue weighted by molar-refractivity contribution is -0.144. The van der Waals surface area contributed by atoms with Crippen LogP contribution >= 0.6 is 45.3 Å². The second-order valence-corrected chi connectivity index (χ2v) is 14.7. The Morgan fingerprint density at radius 2 is 1.12 bits per heavy atom. The van der Waals surface area contributed by atoms with Crippen LogP contribution in [0, 0.1) is 0 Å². The number of carbonyl (C=O) groups is 2. The minimum atomic E-state index is -0.117. The predicted octanol–water partition coefficient (Wildman–Crippen LogP) is 10.2. The largest absolute Gasteiger partial charge is 0.466 e. The topological polar surface area (TPSA) is 130 Å². The van der Waals surface area contributed by atoms with Crippen LogP contribution in [0.25, 0.3) is 42.5 Å². The van der Waals surface area contributed by atoms with Crippen molar-refractivity contribution in [3.8, 4) is 42.5 Å². The second kappa shape index (κ2) is 23.1. The van der Waals surface area contributed by atoms with E-state index in [0.29, 0.717) is 37.7 Å². The Morgan fingerprint density at radius 1 is 0.635 bits per heavy atom. The third-order valence-corrected chi connectivity index (χ3v) is 10.6. The minimum absolute atomic E-state index is 0.0865. The number of ether oxygens (including phenoxy) is 2. The molecule has 0 bridgehead atoms. The average molecular weight is 775 g/mol. The van der Waals surface area contributed by atoms with Gasteiger partial charge in [-0.25, -0.2) is 0 Å². The molecule has 0 aliphatic rings. The summed E-state index contributed by atoms with van der Waals surface area (Å²) in [5, 5.41) is 33.2. The van der Waals surface area contributed by atoms with Gasteiger partial charge in [-0.3, -0.25) is 9.59 Å². The van der Waals surface area contributed by atoms with Crippen molar-refractivity contribution in [2.75, 3.05) is 13.2 Å². The molecule has 0 saturated heterocycles. The van der Waals surface area contributed by atoms with Gasteiger partial charge in [-0.2, -0.15) is 0 Å². The summed E-state index contributed by atoms with van der Waals surface area (Å²) >= 11 is 6.49. The van der Waals surface area contributed by atoms with Crippen molar-refractivity contribution < 1.29 is 19.1 Å². The van der Waals surface area contributed by atoms with Crippen LogP contribution in [0.2, 0.25) is 0 Å².